The number of halogens is 1. The van der Waals surface area contributed by atoms with E-state index < -0.39 is 6.10 Å². The monoisotopic (exact) mass is 492 g/mol. The maximum Gasteiger partial charge on any atom is 0.234 e. The third-order valence-corrected chi connectivity index (χ3v) is 6.54. The van der Waals surface area contributed by atoms with Gasteiger partial charge in [0.25, 0.3) is 0 Å². The van der Waals surface area contributed by atoms with Crippen molar-refractivity contribution in [3.8, 4) is 11.4 Å². The van der Waals surface area contributed by atoms with E-state index in [4.69, 9.17) is 16.3 Å². The van der Waals surface area contributed by atoms with Crippen LogP contribution in [-0.4, -0.2) is 26.4 Å². The highest BCUT2D eigenvalue weighted by Crippen LogP contribution is 2.31. The third-order valence-electron chi connectivity index (χ3n) is 5.30. The van der Waals surface area contributed by atoms with E-state index in [9.17, 15) is 4.79 Å². The van der Waals surface area contributed by atoms with Crippen molar-refractivity contribution >= 4 is 35.0 Å². The van der Waals surface area contributed by atoms with E-state index in [0.717, 1.165) is 16.9 Å². The van der Waals surface area contributed by atoms with E-state index in [-0.39, 0.29) is 11.7 Å². The van der Waals surface area contributed by atoms with Crippen molar-refractivity contribution in [2.24, 2.45) is 0 Å². The number of rotatable bonds is 8. The normalized spacial score (nSPS) is 11.8. The molecule has 0 aliphatic heterocycles. The molecule has 1 unspecified atom stereocenters. The second-order valence-electron chi connectivity index (χ2n) is 7.84. The van der Waals surface area contributed by atoms with Crippen molar-refractivity contribution in [2.45, 2.75) is 32.0 Å². The Balaban J connectivity index is 1.54. The van der Waals surface area contributed by atoms with E-state index in [1.54, 1.807) is 6.07 Å². The molecule has 0 radical (unpaired) electrons. The number of carbonyl (C=O) groups excluding carboxylic acids is 1. The van der Waals surface area contributed by atoms with E-state index in [1.807, 2.05) is 92.1 Å². The Hall–Kier alpha value is -3.29. The van der Waals surface area contributed by atoms with Gasteiger partial charge in [0.1, 0.15) is 5.75 Å². The molecule has 0 fully saturated rings. The van der Waals surface area contributed by atoms with Crippen molar-refractivity contribution in [3.05, 3.63) is 94.8 Å². The van der Waals surface area contributed by atoms with E-state index in [1.165, 1.54) is 17.3 Å². The largest absolute Gasteiger partial charge is 0.481 e. The number of carbonyl (C=O) groups is 1. The number of hydrogen-bond acceptors (Lipinski definition) is 5. The molecule has 0 aliphatic rings. The summed E-state index contributed by atoms with van der Waals surface area (Å²) in [5.74, 6) is 1.26. The van der Waals surface area contributed by atoms with Crippen molar-refractivity contribution < 1.29 is 9.53 Å². The molecule has 0 spiro atoms. The summed E-state index contributed by atoms with van der Waals surface area (Å²) in [4.78, 5) is 12.6. The van der Waals surface area contributed by atoms with Crippen LogP contribution < -0.4 is 10.1 Å². The average Bonchev–Trinajstić information content (AvgIpc) is 3.26. The van der Waals surface area contributed by atoms with Gasteiger partial charge in [-0.05, 0) is 68.3 Å². The van der Waals surface area contributed by atoms with Crippen LogP contribution >= 0.6 is 23.4 Å². The Kier molecular flexibility index (Phi) is 7.55. The second-order valence-corrected chi connectivity index (χ2v) is 9.19. The standard InChI is InChI=1S/C26H25ClN4O2S/c1-17-13-14-20(15-18(17)2)28-24(32)16-34-26-30-29-25(31(26)21-9-5-4-6-10-21)19(3)33-23-12-8-7-11-22(23)27/h4-15,19H,16H2,1-3H3,(H,28,32). The lowest BCUT2D eigenvalue weighted by molar-refractivity contribution is -0.113. The summed E-state index contributed by atoms with van der Waals surface area (Å²) in [7, 11) is 0. The van der Waals surface area contributed by atoms with E-state index in [2.05, 4.69) is 15.5 Å². The average molecular weight is 493 g/mol. The number of benzene rings is 3. The predicted molar refractivity (Wildman–Crippen MR) is 137 cm³/mol. The van der Waals surface area contributed by atoms with Gasteiger partial charge in [-0.15, -0.1) is 10.2 Å². The number of anilines is 1. The van der Waals surface area contributed by atoms with Crippen molar-refractivity contribution in [1.29, 1.82) is 0 Å². The smallest absolute Gasteiger partial charge is 0.234 e. The molecule has 1 N–H and O–H groups in total. The highest BCUT2D eigenvalue weighted by atomic mass is 35.5. The fourth-order valence-electron chi connectivity index (χ4n) is 3.39. The van der Waals surface area contributed by atoms with Crippen molar-refractivity contribution in [2.75, 3.05) is 11.1 Å². The SMILES string of the molecule is Cc1ccc(NC(=O)CSc2nnc(C(C)Oc3ccccc3Cl)n2-c2ccccc2)cc1C. The lowest BCUT2D eigenvalue weighted by Gasteiger charge is -2.17. The molecule has 4 rings (SSSR count). The van der Waals surface area contributed by atoms with Crippen LogP contribution in [0.3, 0.4) is 0 Å². The first-order chi connectivity index (χ1) is 16.4. The number of amides is 1. The summed E-state index contributed by atoms with van der Waals surface area (Å²) in [5, 5.41) is 12.8. The maximum atomic E-state index is 12.6. The minimum atomic E-state index is -0.425. The molecule has 0 aliphatic carbocycles. The van der Waals surface area contributed by atoms with Gasteiger partial charge in [0.15, 0.2) is 17.1 Å². The van der Waals surface area contributed by atoms with Gasteiger partial charge < -0.3 is 10.1 Å². The lowest BCUT2D eigenvalue weighted by atomic mass is 10.1. The predicted octanol–water partition coefficient (Wildman–Crippen LogP) is 6.41. The Labute approximate surface area is 208 Å². The summed E-state index contributed by atoms with van der Waals surface area (Å²) in [6.07, 6.45) is -0.425. The topological polar surface area (TPSA) is 69.0 Å². The molecule has 0 saturated carbocycles. The quantitative estimate of drug-likeness (QED) is 0.288. The minimum Gasteiger partial charge on any atom is -0.481 e. The first-order valence-electron chi connectivity index (χ1n) is 10.8. The number of para-hydroxylation sites is 2. The summed E-state index contributed by atoms with van der Waals surface area (Å²) in [6.45, 7) is 5.96. The zero-order valence-corrected chi connectivity index (χ0v) is 20.7. The van der Waals surface area contributed by atoms with Crippen LogP contribution in [0.1, 0.15) is 30.0 Å². The van der Waals surface area contributed by atoms with Crippen LogP contribution in [0, 0.1) is 13.8 Å². The zero-order chi connectivity index (χ0) is 24.1. The molecule has 1 aromatic heterocycles. The Bertz CT molecular complexity index is 1290. The summed E-state index contributed by atoms with van der Waals surface area (Å²) in [5.41, 5.74) is 3.98. The molecule has 174 valence electrons. The number of ether oxygens (including phenoxy) is 1. The van der Waals surface area contributed by atoms with Gasteiger partial charge in [0.2, 0.25) is 5.91 Å². The summed E-state index contributed by atoms with van der Waals surface area (Å²) in [6, 6.07) is 22.9. The van der Waals surface area contributed by atoms with Crippen LogP contribution in [-0.2, 0) is 4.79 Å². The van der Waals surface area contributed by atoms with Gasteiger partial charge in [-0.25, -0.2) is 0 Å². The van der Waals surface area contributed by atoms with Crippen LogP contribution in [0.2, 0.25) is 5.02 Å². The number of aryl methyl sites for hydroxylation is 2. The fraction of sp³-hybridized carbons (Fsp3) is 0.192. The molecule has 0 bridgehead atoms. The Morgan fingerprint density at radius 2 is 1.76 bits per heavy atom. The molecular formula is C26H25ClN4O2S. The number of nitrogens with one attached hydrogen (secondary N) is 1. The fourth-order valence-corrected chi connectivity index (χ4v) is 4.33. The second kappa shape index (κ2) is 10.8. The highest BCUT2D eigenvalue weighted by Gasteiger charge is 2.22. The number of thioether (sulfide) groups is 1. The summed E-state index contributed by atoms with van der Waals surface area (Å²) < 4.78 is 8.00. The van der Waals surface area contributed by atoms with Crippen molar-refractivity contribution in [1.82, 2.24) is 14.8 Å². The van der Waals surface area contributed by atoms with Gasteiger partial charge in [0, 0.05) is 11.4 Å². The molecule has 4 aromatic rings. The van der Waals surface area contributed by atoms with Crippen LogP contribution in [0.25, 0.3) is 5.69 Å². The van der Waals surface area contributed by atoms with Gasteiger partial charge >= 0.3 is 0 Å². The maximum absolute atomic E-state index is 12.6. The van der Waals surface area contributed by atoms with Gasteiger partial charge in [-0.1, -0.05) is 59.8 Å². The molecule has 6 nitrogen and oxygen atoms in total. The molecule has 1 amide bonds. The first-order valence-corrected chi connectivity index (χ1v) is 12.2. The van der Waals surface area contributed by atoms with Gasteiger partial charge in [0.05, 0.1) is 10.8 Å². The summed E-state index contributed by atoms with van der Waals surface area (Å²) >= 11 is 7.59. The highest BCUT2D eigenvalue weighted by molar-refractivity contribution is 7.99. The number of aromatic nitrogens is 3. The molecule has 1 atom stereocenters. The third kappa shape index (κ3) is 5.61. The number of nitrogens with zero attached hydrogens (tertiary/aromatic N) is 3. The van der Waals surface area contributed by atoms with Crippen LogP contribution in [0.4, 0.5) is 5.69 Å². The van der Waals surface area contributed by atoms with Crippen LogP contribution in [0.5, 0.6) is 5.75 Å². The number of hydrogen-bond donors (Lipinski definition) is 1. The molecule has 1 heterocycles. The van der Waals surface area contributed by atoms with Crippen molar-refractivity contribution in [3.63, 3.8) is 0 Å². The molecule has 8 heteroatoms. The Morgan fingerprint density at radius 3 is 2.50 bits per heavy atom. The van der Waals surface area contributed by atoms with Gasteiger partial charge in [-0.3, -0.25) is 9.36 Å². The minimum absolute atomic E-state index is 0.113. The molecule has 3 aromatic carbocycles. The van der Waals surface area contributed by atoms with Crippen LogP contribution in [0.15, 0.2) is 78.0 Å². The molecule has 0 saturated heterocycles. The van der Waals surface area contributed by atoms with Gasteiger partial charge in [-0.2, -0.15) is 0 Å². The zero-order valence-electron chi connectivity index (χ0n) is 19.2. The Morgan fingerprint density at radius 1 is 1.03 bits per heavy atom. The molecular weight excluding hydrogens is 468 g/mol. The van der Waals surface area contributed by atoms with E-state index in [0.29, 0.717) is 21.8 Å². The lowest BCUT2D eigenvalue weighted by Crippen LogP contribution is -2.15. The molecule has 34 heavy (non-hydrogen) atoms. The first kappa shape index (κ1) is 23.9. The van der Waals surface area contributed by atoms with E-state index >= 15 is 0 Å².